The topological polar surface area (TPSA) is 107 Å². The van der Waals surface area contributed by atoms with E-state index in [1.54, 1.807) is 12.4 Å². The van der Waals surface area contributed by atoms with Crippen molar-refractivity contribution in [1.29, 1.82) is 0 Å². The van der Waals surface area contributed by atoms with Gasteiger partial charge in [0.05, 0.1) is 12.3 Å². The molecule has 3 rings (SSSR count). The average Bonchev–Trinajstić information content (AvgIpc) is 2.61. The van der Waals surface area contributed by atoms with Crippen LogP contribution >= 0.6 is 0 Å². The molecular weight excluding hydrogens is 282 g/mol. The highest BCUT2D eigenvalue weighted by Crippen LogP contribution is 2.13. The van der Waals surface area contributed by atoms with Gasteiger partial charge >= 0.3 is 0 Å². The summed E-state index contributed by atoms with van der Waals surface area (Å²) < 4.78 is 0. The van der Waals surface area contributed by atoms with E-state index < -0.39 is 0 Å². The number of anilines is 1. The molecule has 0 bridgehead atoms. The fraction of sp³-hybridized carbons (Fsp3) is 0.143. The molecule has 0 saturated carbocycles. The van der Waals surface area contributed by atoms with Gasteiger partial charge in [0.25, 0.3) is 0 Å². The van der Waals surface area contributed by atoms with Crippen LogP contribution in [-0.2, 0) is 0 Å². The summed E-state index contributed by atoms with van der Waals surface area (Å²) in [4.78, 5) is 8.49. The second-order valence-corrected chi connectivity index (χ2v) is 4.41. The molecule has 4 N–H and O–H groups in total. The van der Waals surface area contributed by atoms with Crippen LogP contribution in [0.2, 0.25) is 0 Å². The fourth-order valence-electron chi connectivity index (χ4n) is 1.92. The molecule has 22 heavy (non-hydrogen) atoms. The SMILES string of the molecule is OCCNc1cccnc1C1=NNC(c2ccccn2)=NN1. The first-order valence-electron chi connectivity index (χ1n) is 6.77. The van der Waals surface area contributed by atoms with Crippen molar-refractivity contribution in [3.05, 3.63) is 54.1 Å². The molecule has 0 amide bonds. The third-order valence-corrected chi connectivity index (χ3v) is 2.91. The van der Waals surface area contributed by atoms with Crippen LogP contribution in [0.1, 0.15) is 11.4 Å². The van der Waals surface area contributed by atoms with Gasteiger partial charge in [0.2, 0.25) is 0 Å². The minimum atomic E-state index is 0.0362. The largest absolute Gasteiger partial charge is 0.395 e. The van der Waals surface area contributed by atoms with Gasteiger partial charge in [-0.1, -0.05) is 6.07 Å². The molecule has 2 aromatic heterocycles. The summed E-state index contributed by atoms with van der Waals surface area (Å²) in [5.41, 5.74) is 7.81. The summed E-state index contributed by atoms with van der Waals surface area (Å²) in [7, 11) is 0. The quantitative estimate of drug-likeness (QED) is 0.623. The maximum absolute atomic E-state index is 8.92. The zero-order valence-corrected chi connectivity index (χ0v) is 11.7. The predicted octanol–water partition coefficient (Wildman–Crippen LogP) is 0.0970. The summed E-state index contributed by atoms with van der Waals surface area (Å²) in [6.45, 7) is 0.469. The highest BCUT2D eigenvalue weighted by molar-refractivity contribution is 6.06. The lowest BCUT2D eigenvalue weighted by molar-refractivity contribution is 0.311. The highest BCUT2D eigenvalue weighted by Gasteiger charge is 2.15. The van der Waals surface area contributed by atoms with Crippen LogP contribution in [-0.4, -0.2) is 39.9 Å². The molecule has 0 aromatic carbocycles. The lowest BCUT2D eigenvalue weighted by atomic mass is 10.2. The van der Waals surface area contributed by atoms with Gasteiger partial charge in [-0.3, -0.25) is 20.8 Å². The van der Waals surface area contributed by atoms with Crippen LogP contribution in [0, 0.1) is 0 Å². The standard InChI is InChI=1S/C14H15N7O/c22-9-8-16-10-5-3-7-17-12(10)14-20-18-13(19-21-14)11-4-1-2-6-15-11/h1-7,16,22H,8-9H2,(H,18,19)(H,20,21). The summed E-state index contributed by atoms with van der Waals surface area (Å²) in [5.74, 6) is 1.02. The number of rotatable bonds is 5. The lowest BCUT2D eigenvalue weighted by Gasteiger charge is -2.16. The Balaban J connectivity index is 1.77. The molecule has 1 aliphatic rings. The molecular formula is C14H15N7O. The number of hydrogen-bond acceptors (Lipinski definition) is 8. The van der Waals surface area contributed by atoms with E-state index in [1.165, 1.54) is 0 Å². The second kappa shape index (κ2) is 6.64. The van der Waals surface area contributed by atoms with Crippen molar-refractivity contribution in [2.75, 3.05) is 18.5 Å². The minimum absolute atomic E-state index is 0.0362. The van der Waals surface area contributed by atoms with Gasteiger partial charge in [-0.15, -0.1) is 0 Å². The number of aliphatic hydroxyl groups excluding tert-OH is 1. The Bertz CT molecular complexity index is 699. The van der Waals surface area contributed by atoms with Gasteiger partial charge in [0.1, 0.15) is 11.4 Å². The summed E-state index contributed by atoms with van der Waals surface area (Å²) in [5, 5.41) is 20.5. The van der Waals surface area contributed by atoms with Gasteiger partial charge in [0, 0.05) is 18.9 Å². The normalized spacial score (nSPS) is 13.5. The average molecular weight is 297 g/mol. The van der Waals surface area contributed by atoms with Crippen molar-refractivity contribution < 1.29 is 5.11 Å². The summed E-state index contributed by atoms with van der Waals surface area (Å²) in [6, 6.07) is 9.22. The van der Waals surface area contributed by atoms with Gasteiger partial charge < -0.3 is 10.4 Å². The van der Waals surface area contributed by atoms with Gasteiger partial charge in [-0.25, -0.2) is 0 Å². The smallest absolute Gasteiger partial charge is 0.194 e. The Kier molecular flexibility index (Phi) is 4.21. The molecule has 0 unspecified atom stereocenters. The zero-order chi connectivity index (χ0) is 15.2. The van der Waals surface area contributed by atoms with Crippen molar-refractivity contribution in [1.82, 2.24) is 20.8 Å². The van der Waals surface area contributed by atoms with Crippen molar-refractivity contribution >= 4 is 17.4 Å². The third-order valence-electron chi connectivity index (χ3n) is 2.91. The molecule has 0 atom stereocenters. The molecule has 3 heterocycles. The Morgan fingerprint density at radius 2 is 1.77 bits per heavy atom. The van der Waals surface area contributed by atoms with E-state index in [4.69, 9.17) is 5.11 Å². The Morgan fingerprint density at radius 1 is 0.955 bits per heavy atom. The van der Waals surface area contributed by atoms with E-state index in [9.17, 15) is 0 Å². The summed E-state index contributed by atoms with van der Waals surface area (Å²) >= 11 is 0. The number of aromatic nitrogens is 2. The Morgan fingerprint density at radius 3 is 2.50 bits per heavy atom. The highest BCUT2D eigenvalue weighted by atomic mass is 16.3. The molecule has 0 aliphatic carbocycles. The molecule has 112 valence electrons. The Hall–Kier alpha value is -3.00. The van der Waals surface area contributed by atoms with E-state index in [2.05, 4.69) is 36.3 Å². The van der Waals surface area contributed by atoms with Gasteiger partial charge in [-0.2, -0.15) is 10.2 Å². The van der Waals surface area contributed by atoms with Gasteiger partial charge in [0.15, 0.2) is 11.7 Å². The number of hydrogen-bond donors (Lipinski definition) is 4. The maximum Gasteiger partial charge on any atom is 0.194 e. The van der Waals surface area contributed by atoms with Crippen molar-refractivity contribution in [3.8, 4) is 0 Å². The van der Waals surface area contributed by atoms with E-state index >= 15 is 0 Å². The van der Waals surface area contributed by atoms with Crippen molar-refractivity contribution in [2.24, 2.45) is 10.2 Å². The number of hydrazone groups is 2. The molecule has 0 radical (unpaired) electrons. The Labute approximate surface area is 127 Å². The molecule has 2 aromatic rings. The minimum Gasteiger partial charge on any atom is -0.395 e. The van der Waals surface area contributed by atoms with Crippen LogP contribution in [0.4, 0.5) is 5.69 Å². The number of nitrogens with zero attached hydrogens (tertiary/aromatic N) is 4. The van der Waals surface area contributed by atoms with E-state index in [-0.39, 0.29) is 6.61 Å². The van der Waals surface area contributed by atoms with Crippen LogP contribution in [0.25, 0.3) is 0 Å². The van der Waals surface area contributed by atoms with E-state index in [0.29, 0.717) is 29.6 Å². The molecule has 0 saturated heterocycles. The molecule has 8 nitrogen and oxygen atoms in total. The summed E-state index contributed by atoms with van der Waals surface area (Å²) in [6.07, 6.45) is 3.36. The first-order valence-corrected chi connectivity index (χ1v) is 6.77. The zero-order valence-electron chi connectivity index (χ0n) is 11.7. The van der Waals surface area contributed by atoms with Crippen LogP contribution < -0.4 is 16.2 Å². The van der Waals surface area contributed by atoms with Crippen molar-refractivity contribution in [3.63, 3.8) is 0 Å². The number of nitrogens with one attached hydrogen (secondary N) is 3. The maximum atomic E-state index is 8.92. The van der Waals surface area contributed by atoms with Gasteiger partial charge in [-0.05, 0) is 24.3 Å². The second-order valence-electron chi connectivity index (χ2n) is 4.41. The number of pyridine rings is 2. The van der Waals surface area contributed by atoms with Crippen LogP contribution in [0.15, 0.2) is 52.9 Å². The van der Waals surface area contributed by atoms with E-state index in [1.807, 2.05) is 30.3 Å². The molecule has 8 heteroatoms. The number of aliphatic hydroxyl groups is 1. The molecule has 0 spiro atoms. The monoisotopic (exact) mass is 297 g/mol. The lowest BCUT2D eigenvalue weighted by Crippen LogP contribution is -2.35. The first kappa shape index (κ1) is 14.0. The molecule has 0 fully saturated rings. The van der Waals surface area contributed by atoms with E-state index in [0.717, 1.165) is 5.69 Å². The third kappa shape index (κ3) is 3.01. The van der Waals surface area contributed by atoms with Crippen LogP contribution in [0.3, 0.4) is 0 Å². The molecule has 1 aliphatic heterocycles. The first-order chi connectivity index (χ1) is 10.9. The van der Waals surface area contributed by atoms with Crippen molar-refractivity contribution in [2.45, 2.75) is 0 Å². The fourth-order valence-corrected chi connectivity index (χ4v) is 1.92. The number of amidine groups is 2. The van der Waals surface area contributed by atoms with Crippen LogP contribution in [0.5, 0.6) is 0 Å². The predicted molar refractivity (Wildman–Crippen MR) is 83.4 cm³/mol.